The minimum Gasteiger partial charge on any atom is -0.493 e. The molecule has 5 nitrogen and oxygen atoms in total. The van der Waals surface area contributed by atoms with Crippen LogP contribution in [0.15, 0.2) is 11.7 Å². The summed E-state index contributed by atoms with van der Waals surface area (Å²) in [7, 11) is 1.54. The summed E-state index contributed by atoms with van der Waals surface area (Å²) >= 11 is 1.34. The number of carbonyl (C=O) groups is 1. The topological polar surface area (TPSA) is 57.0 Å². The second-order valence-corrected chi connectivity index (χ2v) is 5.05. The van der Waals surface area contributed by atoms with Crippen LogP contribution in [-0.2, 0) is 0 Å². The van der Waals surface area contributed by atoms with Crippen LogP contribution in [0.2, 0.25) is 0 Å². The molecule has 0 bridgehead atoms. The fraction of sp³-hybridized carbons (Fsp3) is 0.417. The molecule has 0 fully saturated rings. The monoisotopic (exact) mass is 265 g/mol. The van der Waals surface area contributed by atoms with Gasteiger partial charge in [-0.15, -0.1) is 11.3 Å². The van der Waals surface area contributed by atoms with Crippen LogP contribution >= 0.6 is 11.3 Å². The van der Waals surface area contributed by atoms with E-state index in [0.717, 1.165) is 5.69 Å². The van der Waals surface area contributed by atoms with Crippen molar-refractivity contribution in [2.45, 2.75) is 26.8 Å². The maximum absolute atomic E-state index is 12.5. The average molecular weight is 265 g/mol. The zero-order chi connectivity index (χ0) is 13.3. The van der Waals surface area contributed by atoms with Gasteiger partial charge in [-0.3, -0.25) is 9.48 Å². The van der Waals surface area contributed by atoms with Crippen molar-refractivity contribution in [3.8, 4) is 5.75 Å². The van der Waals surface area contributed by atoms with Crippen LogP contribution in [0.5, 0.6) is 5.75 Å². The smallest absolute Gasteiger partial charge is 0.226 e. The molecule has 0 spiro atoms. The lowest BCUT2D eigenvalue weighted by molar-refractivity contribution is 0.102. The van der Waals surface area contributed by atoms with Crippen LogP contribution in [-0.4, -0.2) is 27.7 Å². The van der Waals surface area contributed by atoms with Gasteiger partial charge in [-0.1, -0.05) is 0 Å². The summed E-state index contributed by atoms with van der Waals surface area (Å²) in [4.78, 5) is 17.3. The molecule has 6 heteroatoms. The van der Waals surface area contributed by atoms with Gasteiger partial charge in [-0.25, -0.2) is 4.98 Å². The highest BCUT2D eigenvalue weighted by atomic mass is 32.1. The molecule has 0 aliphatic carbocycles. The van der Waals surface area contributed by atoms with Gasteiger partial charge < -0.3 is 4.74 Å². The third-order valence-corrected chi connectivity index (χ3v) is 3.57. The Balaban J connectivity index is 2.53. The van der Waals surface area contributed by atoms with Gasteiger partial charge in [0.1, 0.15) is 0 Å². The Morgan fingerprint density at radius 2 is 2.22 bits per heavy atom. The first-order valence-electron chi connectivity index (χ1n) is 5.62. The van der Waals surface area contributed by atoms with E-state index in [9.17, 15) is 4.79 Å². The van der Waals surface area contributed by atoms with E-state index < -0.39 is 0 Å². The van der Waals surface area contributed by atoms with Crippen LogP contribution in [0.4, 0.5) is 0 Å². The fourth-order valence-electron chi connectivity index (χ4n) is 1.73. The summed E-state index contributed by atoms with van der Waals surface area (Å²) in [5.74, 6) is 0.416. The van der Waals surface area contributed by atoms with Gasteiger partial charge in [0, 0.05) is 6.04 Å². The number of aryl methyl sites for hydroxylation is 1. The number of hydrogen-bond donors (Lipinski definition) is 0. The van der Waals surface area contributed by atoms with Crippen molar-refractivity contribution in [2.75, 3.05) is 7.11 Å². The summed E-state index contributed by atoms with van der Waals surface area (Å²) in [6.45, 7) is 5.78. The van der Waals surface area contributed by atoms with Gasteiger partial charge in [0.2, 0.25) is 5.78 Å². The highest BCUT2D eigenvalue weighted by Gasteiger charge is 2.24. The Bertz CT molecular complexity index is 572. The average Bonchev–Trinajstić information content (AvgIpc) is 2.93. The molecule has 0 radical (unpaired) electrons. The SMILES string of the molecule is COc1cnn(C(C)C)c1C(=O)c1scnc1C. The highest BCUT2D eigenvalue weighted by Crippen LogP contribution is 2.26. The number of ketones is 1. The van der Waals surface area contributed by atoms with E-state index in [1.807, 2.05) is 20.8 Å². The van der Waals surface area contributed by atoms with Gasteiger partial charge >= 0.3 is 0 Å². The summed E-state index contributed by atoms with van der Waals surface area (Å²) in [6, 6.07) is 0.0982. The first-order chi connectivity index (χ1) is 8.56. The number of methoxy groups -OCH3 is 1. The predicted molar refractivity (Wildman–Crippen MR) is 69.4 cm³/mol. The molecular weight excluding hydrogens is 250 g/mol. The molecule has 0 amide bonds. The van der Waals surface area contributed by atoms with Crippen LogP contribution in [0, 0.1) is 6.92 Å². The molecule has 0 aliphatic rings. The van der Waals surface area contributed by atoms with Crippen molar-refractivity contribution in [1.29, 1.82) is 0 Å². The molecule has 2 heterocycles. The number of thiazole rings is 1. The molecular formula is C12H15N3O2S. The summed E-state index contributed by atoms with van der Waals surface area (Å²) in [5, 5.41) is 4.20. The Morgan fingerprint density at radius 1 is 1.50 bits per heavy atom. The maximum Gasteiger partial charge on any atom is 0.226 e. The van der Waals surface area contributed by atoms with E-state index in [4.69, 9.17) is 4.74 Å². The van der Waals surface area contributed by atoms with Gasteiger partial charge in [-0.05, 0) is 20.8 Å². The van der Waals surface area contributed by atoms with Crippen molar-refractivity contribution >= 4 is 17.1 Å². The van der Waals surface area contributed by atoms with Crippen molar-refractivity contribution in [3.05, 3.63) is 28.0 Å². The van der Waals surface area contributed by atoms with Crippen molar-refractivity contribution in [2.24, 2.45) is 0 Å². The molecule has 18 heavy (non-hydrogen) atoms. The normalized spacial score (nSPS) is 10.9. The van der Waals surface area contributed by atoms with E-state index in [1.54, 1.807) is 16.4 Å². The van der Waals surface area contributed by atoms with Crippen LogP contribution in [0.3, 0.4) is 0 Å². The minimum atomic E-state index is -0.0851. The number of aromatic nitrogens is 3. The number of nitrogens with zero attached hydrogens (tertiary/aromatic N) is 3. The van der Waals surface area contributed by atoms with E-state index in [2.05, 4.69) is 10.1 Å². The van der Waals surface area contributed by atoms with Crippen molar-refractivity contribution in [1.82, 2.24) is 14.8 Å². The zero-order valence-electron chi connectivity index (χ0n) is 10.8. The number of rotatable bonds is 4. The number of ether oxygens (including phenoxy) is 1. The lowest BCUT2D eigenvalue weighted by Gasteiger charge is -2.10. The van der Waals surface area contributed by atoms with Crippen LogP contribution in [0.25, 0.3) is 0 Å². The lowest BCUT2D eigenvalue weighted by atomic mass is 10.2. The minimum absolute atomic E-state index is 0.0851. The largest absolute Gasteiger partial charge is 0.493 e. The Morgan fingerprint density at radius 3 is 2.72 bits per heavy atom. The number of hydrogen-bond acceptors (Lipinski definition) is 5. The molecule has 96 valence electrons. The van der Waals surface area contributed by atoms with Gasteiger partial charge in [-0.2, -0.15) is 5.10 Å². The molecule has 0 aromatic carbocycles. The van der Waals surface area contributed by atoms with E-state index in [0.29, 0.717) is 16.3 Å². The van der Waals surface area contributed by atoms with Gasteiger partial charge in [0.05, 0.1) is 29.4 Å². The van der Waals surface area contributed by atoms with Crippen molar-refractivity contribution < 1.29 is 9.53 Å². The first kappa shape index (κ1) is 12.8. The molecule has 0 saturated carbocycles. The molecule has 0 aliphatic heterocycles. The molecule has 0 saturated heterocycles. The fourth-order valence-corrected chi connectivity index (χ4v) is 2.47. The van der Waals surface area contributed by atoms with E-state index >= 15 is 0 Å². The third kappa shape index (κ3) is 2.03. The second kappa shape index (κ2) is 4.89. The molecule has 0 atom stereocenters. The van der Waals surface area contributed by atoms with Crippen molar-refractivity contribution in [3.63, 3.8) is 0 Å². The molecule has 2 aromatic heterocycles. The standard InChI is InChI=1S/C12H15N3O2S/c1-7(2)15-10(9(17-4)5-14-15)11(16)12-8(3)13-6-18-12/h5-7H,1-4H3. The predicted octanol–water partition coefficient (Wildman–Crippen LogP) is 2.47. The molecule has 2 aromatic rings. The Labute approximate surface area is 109 Å². The number of carbonyl (C=O) groups excluding carboxylic acids is 1. The zero-order valence-corrected chi connectivity index (χ0v) is 11.6. The lowest BCUT2D eigenvalue weighted by Crippen LogP contribution is -2.14. The Kier molecular flexibility index (Phi) is 3.47. The summed E-state index contributed by atoms with van der Waals surface area (Å²) in [6.07, 6.45) is 1.57. The molecule has 0 N–H and O–H groups in total. The first-order valence-corrected chi connectivity index (χ1v) is 6.50. The maximum atomic E-state index is 12.5. The van der Waals surface area contributed by atoms with Gasteiger partial charge in [0.25, 0.3) is 0 Å². The van der Waals surface area contributed by atoms with E-state index in [1.165, 1.54) is 18.4 Å². The Hall–Kier alpha value is -1.69. The molecule has 0 unspecified atom stereocenters. The van der Waals surface area contributed by atoms with E-state index in [-0.39, 0.29) is 11.8 Å². The second-order valence-electron chi connectivity index (χ2n) is 4.20. The van der Waals surface area contributed by atoms with Crippen LogP contribution < -0.4 is 4.74 Å². The molecule has 2 rings (SSSR count). The summed E-state index contributed by atoms with van der Waals surface area (Å²) in [5.41, 5.74) is 2.90. The third-order valence-electron chi connectivity index (χ3n) is 2.64. The highest BCUT2D eigenvalue weighted by molar-refractivity contribution is 7.12. The quantitative estimate of drug-likeness (QED) is 0.797. The summed E-state index contributed by atoms with van der Waals surface area (Å²) < 4.78 is 6.90. The van der Waals surface area contributed by atoms with Crippen LogP contribution in [0.1, 0.15) is 40.9 Å². The van der Waals surface area contributed by atoms with Gasteiger partial charge in [0.15, 0.2) is 11.4 Å².